The van der Waals surface area contributed by atoms with Crippen LogP contribution in [-0.2, 0) is 6.61 Å². The molecule has 21 heavy (non-hydrogen) atoms. The van der Waals surface area contributed by atoms with E-state index in [1.807, 2.05) is 12.1 Å². The van der Waals surface area contributed by atoms with Gasteiger partial charge < -0.3 is 9.84 Å². The minimum absolute atomic E-state index is 0.349. The third-order valence-corrected chi connectivity index (χ3v) is 3.47. The fourth-order valence-corrected chi connectivity index (χ4v) is 2.14. The molecular formula is C18H21FO2. The summed E-state index contributed by atoms with van der Waals surface area (Å²) in [7, 11) is 0. The van der Waals surface area contributed by atoms with E-state index in [2.05, 4.69) is 26.0 Å². The first-order chi connectivity index (χ1) is 9.97. The SMILES string of the molecule is CC(C)c1ccc(COc2cc(F)ccc2C(C)O)cc1. The van der Waals surface area contributed by atoms with Crippen LogP contribution >= 0.6 is 0 Å². The summed E-state index contributed by atoms with van der Waals surface area (Å²) in [6.45, 7) is 6.28. The standard InChI is InChI=1S/C18H21FO2/c1-12(2)15-6-4-14(5-7-15)11-21-18-10-16(19)8-9-17(18)13(3)20/h4-10,12-13,20H,11H2,1-3H3. The van der Waals surface area contributed by atoms with E-state index in [-0.39, 0.29) is 5.82 Å². The zero-order valence-corrected chi connectivity index (χ0v) is 12.6. The number of halogens is 1. The van der Waals surface area contributed by atoms with E-state index < -0.39 is 6.10 Å². The van der Waals surface area contributed by atoms with Gasteiger partial charge in [0.15, 0.2) is 0 Å². The first-order valence-corrected chi connectivity index (χ1v) is 7.16. The van der Waals surface area contributed by atoms with Crippen molar-refractivity contribution in [2.24, 2.45) is 0 Å². The van der Waals surface area contributed by atoms with Gasteiger partial charge in [0.1, 0.15) is 18.2 Å². The lowest BCUT2D eigenvalue weighted by atomic mass is 10.0. The van der Waals surface area contributed by atoms with Gasteiger partial charge in [0.25, 0.3) is 0 Å². The molecule has 3 heteroatoms. The maximum Gasteiger partial charge on any atom is 0.128 e. The topological polar surface area (TPSA) is 29.5 Å². The van der Waals surface area contributed by atoms with E-state index in [0.717, 1.165) is 5.56 Å². The van der Waals surface area contributed by atoms with Crippen molar-refractivity contribution in [2.45, 2.75) is 39.4 Å². The Kier molecular flexibility index (Phi) is 4.97. The molecule has 2 nitrogen and oxygen atoms in total. The Labute approximate surface area is 125 Å². The maximum atomic E-state index is 13.3. The second kappa shape index (κ2) is 6.72. The smallest absolute Gasteiger partial charge is 0.128 e. The van der Waals surface area contributed by atoms with Crippen LogP contribution in [0.15, 0.2) is 42.5 Å². The van der Waals surface area contributed by atoms with Crippen LogP contribution in [0, 0.1) is 5.82 Å². The molecule has 0 saturated heterocycles. The summed E-state index contributed by atoms with van der Waals surface area (Å²) in [4.78, 5) is 0. The zero-order valence-electron chi connectivity index (χ0n) is 12.6. The highest BCUT2D eigenvalue weighted by atomic mass is 19.1. The molecule has 2 rings (SSSR count). The molecule has 1 N–H and O–H groups in total. The maximum absolute atomic E-state index is 13.3. The predicted molar refractivity (Wildman–Crippen MR) is 81.9 cm³/mol. The minimum atomic E-state index is -0.691. The summed E-state index contributed by atoms with van der Waals surface area (Å²) in [5, 5.41) is 9.69. The van der Waals surface area contributed by atoms with Gasteiger partial charge in [-0.05, 0) is 36.1 Å². The van der Waals surface area contributed by atoms with E-state index in [1.165, 1.54) is 17.7 Å². The lowest BCUT2D eigenvalue weighted by Gasteiger charge is -2.14. The van der Waals surface area contributed by atoms with Crippen molar-refractivity contribution in [3.63, 3.8) is 0 Å². The third kappa shape index (κ3) is 4.05. The summed E-state index contributed by atoms with van der Waals surface area (Å²) in [6.07, 6.45) is -0.691. The molecule has 1 atom stereocenters. The van der Waals surface area contributed by atoms with Gasteiger partial charge >= 0.3 is 0 Å². The molecule has 112 valence electrons. The van der Waals surface area contributed by atoms with Crippen molar-refractivity contribution < 1.29 is 14.2 Å². The molecule has 0 heterocycles. The van der Waals surface area contributed by atoms with Crippen molar-refractivity contribution in [1.29, 1.82) is 0 Å². The zero-order chi connectivity index (χ0) is 15.4. The monoisotopic (exact) mass is 288 g/mol. The molecule has 0 fully saturated rings. The highest BCUT2D eigenvalue weighted by Crippen LogP contribution is 2.27. The summed E-state index contributed by atoms with van der Waals surface area (Å²) in [5.41, 5.74) is 2.88. The van der Waals surface area contributed by atoms with Gasteiger partial charge in [0.05, 0.1) is 6.10 Å². The quantitative estimate of drug-likeness (QED) is 0.872. The van der Waals surface area contributed by atoms with Gasteiger partial charge in [0.2, 0.25) is 0 Å². The fraction of sp³-hybridized carbons (Fsp3) is 0.333. The van der Waals surface area contributed by atoms with Crippen molar-refractivity contribution in [3.8, 4) is 5.75 Å². The molecular weight excluding hydrogens is 267 g/mol. The summed E-state index contributed by atoms with van der Waals surface area (Å²) >= 11 is 0. The summed E-state index contributed by atoms with van der Waals surface area (Å²) in [6, 6.07) is 12.4. The van der Waals surface area contributed by atoms with E-state index in [4.69, 9.17) is 4.74 Å². The van der Waals surface area contributed by atoms with Gasteiger partial charge in [-0.25, -0.2) is 4.39 Å². The lowest BCUT2D eigenvalue weighted by molar-refractivity contribution is 0.190. The lowest BCUT2D eigenvalue weighted by Crippen LogP contribution is -2.02. The molecule has 0 aliphatic rings. The molecule has 0 bridgehead atoms. The van der Waals surface area contributed by atoms with Crippen molar-refractivity contribution in [3.05, 3.63) is 65.0 Å². The van der Waals surface area contributed by atoms with Gasteiger partial charge in [-0.15, -0.1) is 0 Å². The first-order valence-electron chi connectivity index (χ1n) is 7.16. The van der Waals surface area contributed by atoms with Crippen molar-refractivity contribution >= 4 is 0 Å². The van der Waals surface area contributed by atoms with Gasteiger partial charge in [-0.3, -0.25) is 0 Å². The third-order valence-electron chi connectivity index (χ3n) is 3.47. The summed E-state index contributed by atoms with van der Waals surface area (Å²) in [5.74, 6) is 0.507. The molecule has 0 aliphatic carbocycles. The van der Waals surface area contributed by atoms with Crippen LogP contribution < -0.4 is 4.74 Å². The van der Waals surface area contributed by atoms with Crippen LogP contribution in [0.4, 0.5) is 4.39 Å². The Morgan fingerprint density at radius 2 is 1.71 bits per heavy atom. The fourth-order valence-electron chi connectivity index (χ4n) is 2.14. The second-order valence-electron chi connectivity index (χ2n) is 5.54. The number of rotatable bonds is 5. The first kappa shape index (κ1) is 15.5. The number of benzene rings is 2. The molecule has 0 aliphatic heterocycles. The Bertz CT molecular complexity index is 589. The number of aliphatic hydroxyl groups is 1. The molecule has 0 spiro atoms. The van der Waals surface area contributed by atoms with Crippen molar-refractivity contribution in [2.75, 3.05) is 0 Å². The molecule has 0 amide bonds. The molecule has 2 aromatic carbocycles. The molecule has 0 radical (unpaired) electrons. The molecule has 1 unspecified atom stereocenters. The Morgan fingerprint density at radius 3 is 2.29 bits per heavy atom. The van der Waals surface area contributed by atoms with Crippen LogP contribution in [0.25, 0.3) is 0 Å². The Balaban J connectivity index is 2.10. The average Bonchev–Trinajstić information content (AvgIpc) is 2.45. The van der Waals surface area contributed by atoms with E-state index in [0.29, 0.717) is 23.8 Å². The Morgan fingerprint density at radius 1 is 1.05 bits per heavy atom. The van der Waals surface area contributed by atoms with Crippen LogP contribution in [0.5, 0.6) is 5.75 Å². The van der Waals surface area contributed by atoms with Crippen LogP contribution in [0.1, 0.15) is 49.5 Å². The van der Waals surface area contributed by atoms with E-state index in [9.17, 15) is 9.50 Å². The van der Waals surface area contributed by atoms with Gasteiger partial charge in [-0.2, -0.15) is 0 Å². The molecule has 2 aromatic rings. The number of ether oxygens (including phenoxy) is 1. The van der Waals surface area contributed by atoms with Crippen LogP contribution in [0.3, 0.4) is 0 Å². The highest BCUT2D eigenvalue weighted by molar-refractivity contribution is 5.36. The molecule has 0 aromatic heterocycles. The minimum Gasteiger partial charge on any atom is -0.488 e. The Hall–Kier alpha value is -1.87. The van der Waals surface area contributed by atoms with Crippen LogP contribution in [0.2, 0.25) is 0 Å². The highest BCUT2D eigenvalue weighted by Gasteiger charge is 2.10. The van der Waals surface area contributed by atoms with E-state index >= 15 is 0 Å². The molecule has 0 saturated carbocycles. The average molecular weight is 288 g/mol. The second-order valence-corrected chi connectivity index (χ2v) is 5.54. The van der Waals surface area contributed by atoms with Gasteiger partial charge in [0, 0.05) is 11.6 Å². The van der Waals surface area contributed by atoms with Crippen LogP contribution in [-0.4, -0.2) is 5.11 Å². The predicted octanol–water partition coefficient (Wildman–Crippen LogP) is 4.58. The largest absolute Gasteiger partial charge is 0.488 e. The van der Waals surface area contributed by atoms with Crippen molar-refractivity contribution in [1.82, 2.24) is 0 Å². The summed E-state index contributed by atoms with van der Waals surface area (Å²) < 4.78 is 19.0. The number of hydrogen-bond donors (Lipinski definition) is 1. The number of hydrogen-bond acceptors (Lipinski definition) is 2. The number of aliphatic hydroxyl groups excluding tert-OH is 1. The van der Waals surface area contributed by atoms with E-state index in [1.54, 1.807) is 13.0 Å². The normalized spacial score (nSPS) is 12.5. The van der Waals surface area contributed by atoms with Gasteiger partial charge in [-0.1, -0.05) is 38.1 Å².